The number of carbonyl (C=O) groups excluding carboxylic acids is 1. The van der Waals surface area contributed by atoms with E-state index in [9.17, 15) is 4.79 Å². The number of aryl methyl sites for hydroxylation is 2. The lowest BCUT2D eigenvalue weighted by atomic mass is 10.1. The molecule has 0 unspecified atom stereocenters. The topological polar surface area (TPSA) is 64.4 Å². The maximum absolute atomic E-state index is 12.2. The van der Waals surface area contributed by atoms with Crippen LogP contribution in [-0.2, 0) is 4.79 Å². The van der Waals surface area contributed by atoms with Crippen molar-refractivity contribution in [1.82, 2.24) is 4.98 Å². The van der Waals surface area contributed by atoms with E-state index in [2.05, 4.69) is 10.3 Å². The lowest BCUT2D eigenvalue weighted by Gasteiger charge is -2.09. The molecule has 0 saturated heterocycles. The SMILES string of the molecule is Cc1ccc(OCC(=O)Nc2ccc3oc(-c4ccccc4)nc3c2)cc1C. The van der Waals surface area contributed by atoms with Gasteiger partial charge in [0, 0.05) is 11.3 Å². The maximum Gasteiger partial charge on any atom is 0.262 e. The monoisotopic (exact) mass is 372 g/mol. The number of amides is 1. The first-order chi connectivity index (χ1) is 13.6. The van der Waals surface area contributed by atoms with E-state index in [1.807, 2.05) is 62.4 Å². The van der Waals surface area contributed by atoms with Crippen molar-refractivity contribution in [2.24, 2.45) is 0 Å². The number of benzene rings is 3. The first-order valence-electron chi connectivity index (χ1n) is 9.04. The smallest absolute Gasteiger partial charge is 0.262 e. The van der Waals surface area contributed by atoms with Gasteiger partial charge in [0.1, 0.15) is 11.3 Å². The van der Waals surface area contributed by atoms with Crippen LogP contribution >= 0.6 is 0 Å². The minimum absolute atomic E-state index is 0.0609. The molecular weight excluding hydrogens is 352 g/mol. The second-order valence-electron chi connectivity index (χ2n) is 6.65. The highest BCUT2D eigenvalue weighted by Crippen LogP contribution is 2.26. The van der Waals surface area contributed by atoms with Crippen molar-refractivity contribution in [2.75, 3.05) is 11.9 Å². The predicted octanol–water partition coefficient (Wildman–Crippen LogP) is 5.13. The molecule has 28 heavy (non-hydrogen) atoms. The van der Waals surface area contributed by atoms with Gasteiger partial charge in [-0.25, -0.2) is 4.98 Å². The van der Waals surface area contributed by atoms with Gasteiger partial charge in [0.25, 0.3) is 5.91 Å². The van der Waals surface area contributed by atoms with Gasteiger partial charge in [-0.15, -0.1) is 0 Å². The molecule has 0 atom stereocenters. The Morgan fingerprint density at radius 3 is 2.61 bits per heavy atom. The summed E-state index contributed by atoms with van der Waals surface area (Å²) in [5.41, 5.74) is 5.23. The minimum atomic E-state index is -0.232. The van der Waals surface area contributed by atoms with Gasteiger partial charge in [-0.3, -0.25) is 4.79 Å². The Kier molecular flexibility index (Phi) is 4.81. The Bertz CT molecular complexity index is 1130. The van der Waals surface area contributed by atoms with Gasteiger partial charge in [0.15, 0.2) is 12.2 Å². The van der Waals surface area contributed by atoms with Crippen molar-refractivity contribution >= 4 is 22.7 Å². The Labute approximate surface area is 163 Å². The van der Waals surface area contributed by atoms with Crippen LogP contribution in [0, 0.1) is 13.8 Å². The highest BCUT2D eigenvalue weighted by Gasteiger charge is 2.10. The molecule has 0 aliphatic carbocycles. The zero-order valence-corrected chi connectivity index (χ0v) is 15.7. The summed E-state index contributed by atoms with van der Waals surface area (Å²) < 4.78 is 11.4. The fourth-order valence-corrected chi connectivity index (χ4v) is 2.86. The second-order valence-corrected chi connectivity index (χ2v) is 6.65. The summed E-state index contributed by atoms with van der Waals surface area (Å²) in [6.07, 6.45) is 0. The molecule has 140 valence electrons. The lowest BCUT2D eigenvalue weighted by molar-refractivity contribution is -0.118. The molecule has 0 spiro atoms. The quantitative estimate of drug-likeness (QED) is 0.527. The van der Waals surface area contributed by atoms with Gasteiger partial charge < -0.3 is 14.5 Å². The van der Waals surface area contributed by atoms with Crippen LogP contribution in [0.25, 0.3) is 22.6 Å². The van der Waals surface area contributed by atoms with Crippen molar-refractivity contribution in [3.05, 3.63) is 77.9 Å². The number of ether oxygens (including phenoxy) is 1. The first-order valence-corrected chi connectivity index (χ1v) is 9.04. The summed E-state index contributed by atoms with van der Waals surface area (Å²) in [7, 11) is 0. The number of oxazole rings is 1. The fourth-order valence-electron chi connectivity index (χ4n) is 2.86. The summed E-state index contributed by atoms with van der Waals surface area (Å²) in [5.74, 6) is 0.999. The molecular formula is C23H20N2O3. The molecule has 0 fully saturated rings. The van der Waals surface area contributed by atoms with Gasteiger partial charge in [-0.2, -0.15) is 0 Å². The van der Waals surface area contributed by atoms with E-state index in [0.717, 1.165) is 11.1 Å². The Balaban J connectivity index is 1.44. The minimum Gasteiger partial charge on any atom is -0.484 e. The van der Waals surface area contributed by atoms with Crippen LogP contribution in [0.5, 0.6) is 5.75 Å². The van der Waals surface area contributed by atoms with E-state index in [1.54, 1.807) is 18.2 Å². The first kappa shape index (κ1) is 17.8. The Morgan fingerprint density at radius 1 is 1.00 bits per heavy atom. The molecule has 5 heteroatoms. The summed E-state index contributed by atoms with van der Waals surface area (Å²) >= 11 is 0. The average Bonchev–Trinajstić information content (AvgIpc) is 3.13. The van der Waals surface area contributed by atoms with Gasteiger partial charge in [-0.1, -0.05) is 24.3 Å². The molecule has 4 aromatic rings. The van der Waals surface area contributed by atoms with Gasteiger partial charge in [0.2, 0.25) is 5.89 Å². The molecule has 0 aliphatic heterocycles. The molecule has 5 nitrogen and oxygen atoms in total. The third kappa shape index (κ3) is 3.88. The van der Waals surface area contributed by atoms with Gasteiger partial charge in [-0.05, 0) is 67.4 Å². The van der Waals surface area contributed by atoms with Crippen LogP contribution in [0.3, 0.4) is 0 Å². The number of fused-ring (bicyclic) bond motifs is 1. The number of rotatable bonds is 5. The van der Waals surface area contributed by atoms with Crippen molar-refractivity contribution in [3.8, 4) is 17.2 Å². The second kappa shape index (κ2) is 7.56. The highest BCUT2D eigenvalue weighted by atomic mass is 16.5. The molecule has 4 rings (SSSR count). The van der Waals surface area contributed by atoms with E-state index in [4.69, 9.17) is 9.15 Å². The molecule has 3 aromatic carbocycles. The highest BCUT2D eigenvalue weighted by molar-refractivity contribution is 5.94. The van der Waals surface area contributed by atoms with Crippen molar-refractivity contribution in [1.29, 1.82) is 0 Å². The number of hydrogen-bond acceptors (Lipinski definition) is 4. The van der Waals surface area contributed by atoms with Crippen molar-refractivity contribution in [3.63, 3.8) is 0 Å². The normalized spacial score (nSPS) is 10.8. The van der Waals surface area contributed by atoms with E-state index in [-0.39, 0.29) is 12.5 Å². The standard InChI is InChI=1S/C23H20N2O3/c1-15-8-10-19(12-16(15)2)27-14-22(26)24-18-9-11-21-20(13-18)25-23(28-21)17-6-4-3-5-7-17/h3-13H,14H2,1-2H3,(H,24,26). The molecule has 0 aliphatic rings. The molecule has 1 amide bonds. The third-order valence-electron chi connectivity index (χ3n) is 4.54. The number of nitrogens with zero attached hydrogens (tertiary/aromatic N) is 1. The molecule has 0 radical (unpaired) electrons. The van der Waals surface area contributed by atoms with Gasteiger partial charge >= 0.3 is 0 Å². The summed E-state index contributed by atoms with van der Waals surface area (Å²) in [6, 6.07) is 20.8. The van der Waals surface area contributed by atoms with E-state index >= 15 is 0 Å². The van der Waals surface area contributed by atoms with Crippen LogP contribution in [0.15, 0.2) is 71.1 Å². The van der Waals surface area contributed by atoms with E-state index < -0.39 is 0 Å². The number of carbonyl (C=O) groups is 1. The Hall–Kier alpha value is -3.60. The number of hydrogen-bond donors (Lipinski definition) is 1. The fraction of sp³-hybridized carbons (Fsp3) is 0.130. The molecule has 1 N–H and O–H groups in total. The average molecular weight is 372 g/mol. The van der Waals surface area contributed by atoms with Crippen LogP contribution < -0.4 is 10.1 Å². The van der Waals surface area contributed by atoms with Crippen molar-refractivity contribution in [2.45, 2.75) is 13.8 Å². The number of anilines is 1. The van der Waals surface area contributed by atoms with Crippen LogP contribution in [0.4, 0.5) is 5.69 Å². The zero-order chi connectivity index (χ0) is 19.5. The third-order valence-corrected chi connectivity index (χ3v) is 4.54. The maximum atomic E-state index is 12.2. The summed E-state index contributed by atoms with van der Waals surface area (Å²) in [4.78, 5) is 16.7. The molecule has 0 saturated carbocycles. The summed E-state index contributed by atoms with van der Waals surface area (Å²) in [6.45, 7) is 3.99. The van der Waals surface area contributed by atoms with Crippen LogP contribution in [-0.4, -0.2) is 17.5 Å². The number of aromatic nitrogens is 1. The van der Waals surface area contributed by atoms with E-state index in [1.165, 1.54) is 5.56 Å². The molecule has 0 bridgehead atoms. The Morgan fingerprint density at radius 2 is 1.82 bits per heavy atom. The largest absolute Gasteiger partial charge is 0.484 e. The zero-order valence-electron chi connectivity index (χ0n) is 15.7. The van der Waals surface area contributed by atoms with Gasteiger partial charge in [0.05, 0.1) is 0 Å². The van der Waals surface area contributed by atoms with Crippen LogP contribution in [0.1, 0.15) is 11.1 Å². The van der Waals surface area contributed by atoms with Crippen molar-refractivity contribution < 1.29 is 13.9 Å². The van der Waals surface area contributed by atoms with Crippen LogP contribution in [0.2, 0.25) is 0 Å². The summed E-state index contributed by atoms with van der Waals surface area (Å²) in [5, 5.41) is 2.83. The lowest BCUT2D eigenvalue weighted by Crippen LogP contribution is -2.20. The molecule has 1 aromatic heterocycles. The number of nitrogens with one attached hydrogen (secondary N) is 1. The molecule has 1 heterocycles. The van der Waals surface area contributed by atoms with E-state index in [0.29, 0.717) is 28.4 Å². The predicted molar refractivity (Wildman–Crippen MR) is 109 cm³/mol.